The van der Waals surface area contributed by atoms with Gasteiger partial charge < -0.3 is 5.32 Å². The first-order valence-corrected chi connectivity index (χ1v) is 5.28. The number of aromatic nitrogens is 4. The fraction of sp³-hybridized carbons (Fsp3) is 0.111. The molecule has 7 heteroatoms. The van der Waals surface area contributed by atoms with Crippen molar-refractivity contribution in [2.45, 2.75) is 6.54 Å². The zero-order valence-electron chi connectivity index (χ0n) is 8.17. The molecule has 0 radical (unpaired) electrons. The number of nitrogens with one attached hydrogen (secondary N) is 1. The summed E-state index contributed by atoms with van der Waals surface area (Å²) in [6.07, 6.45) is 6.37. The summed E-state index contributed by atoms with van der Waals surface area (Å²) in [7, 11) is 0. The Labute approximate surface area is 99.8 Å². The van der Waals surface area contributed by atoms with Crippen molar-refractivity contribution in [3.63, 3.8) is 0 Å². The smallest absolute Gasteiger partial charge is 0.246 e. The maximum Gasteiger partial charge on any atom is 0.246 e. The van der Waals surface area contributed by atoms with Crippen molar-refractivity contribution < 1.29 is 4.79 Å². The summed E-state index contributed by atoms with van der Waals surface area (Å²) in [5.41, 5.74) is 0.681. The number of pyridine rings is 1. The molecule has 2 rings (SSSR count). The van der Waals surface area contributed by atoms with Crippen molar-refractivity contribution in [3.05, 3.63) is 35.3 Å². The first kappa shape index (κ1) is 10.7. The van der Waals surface area contributed by atoms with Gasteiger partial charge in [0.25, 0.3) is 0 Å². The molecule has 2 aromatic heterocycles. The lowest BCUT2D eigenvalue weighted by Crippen LogP contribution is -2.19. The highest BCUT2D eigenvalue weighted by molar-refractivity contribution is 9.10. The van der Waals surface area contributed by atoms with E-state index in [0.29, 0.717) is 5.69 Å². The number of halogens is 1. The Morgan fingerprint density at radius 3 is 3.06 bits per heavy atom. The van der Waals surface area contributed by atoms with Gasteiger partial charge in [-0.2, -0.15) is 0 Å². The van der Waals surface area contributed by atoms with E-state index in [1.165, 1.54) is 10.9 Å². The topological polar surface area (TPSA) is 72.7 Å². The van der Waals surface area contributed by atoms with Crippen LogP contribution in [-0.2, 0) is 11.3 Å². The lowest BCUT2D eigenvalue weighted by molar-refractivity contribution is -0.116. The summed E-state index contributed by atoms with van der Waals surface area (Å²) < 4.78 is 2.19. The Balaban J connectivity index is 2.00. The number of hydrogen-bond donors (Lipinski definition) is 1. The van der Waals surface area contributed by atoms with Crippen molar-refractivity contribution >= 4 is 27.5 Å². The summed E-state index contributed by atoms with van der Waals surface area (Å²) in [6.45, 7) is 0.134. The van der Waals surface area contributed by atoms with E-state index >= 15 is 0 Å². The average molecular weight is 282 g/mol. The number of nitrogens with zero attached hydrogens (tertiary/aromatic N) is 4. The van der Waals surface area contributed by atoms with Crippen molar-refractivity contribution in [1.29, 1.82) is 0 Å². The van der Waals surface area contributed by atoms with E-state index in [0.717, 1.165) is 4.47 Å². The van der Waals surface area contributed by atoms with Crippen LogP contribution in [0.4, 0.5) is 5.69 Å². The van der Waals surface area contributed by atoms with Gasteiger partial charge in [-0.25, -0.2) is 4.68 Å². The van der Waals surface area contributed by atoms with Crippen molar-refractivity contribution in [2.24, 2.45) is 0 Å². The second-order valence-electron chi connectivity index (χ2n) is 3.00. The monoisotopic (exact) mass is 281 g/mol. The number of hydrogen-bond acceptors (Lipinski definition) is 4. The molecule has 0 aliphatic carbocycles. The zero-order valence-corrected chi connectivity index (χ0v) is 9.75. The maximum atomic E-state index is 11.6. The Kier molecular flexibility index (Phi) is 3.25. The van der Waals surface area contributed by atoms with E-state index in [1.807, 2.05) is 0 Å². The number of carbonyl (C=O) groups excluding carboxylic acids is 1. The maximum absolute atomic E-state index is 11.6. The minimum atomic E-state index is -0.169. The molecule has 16 heavy (non-hydrogen) atoms. The number of anilines is 1. The average Bonchev–Trinajstić information content (AvgIpc) is 2.74. The molecule has 0 aliphatic heterocycles. The highest BCUT2D eigenvalue weighted by Crippen LogP contribution is 2.19. The molecule has 0 aliphatic rings. The Bertz CT molecular complexity index is 484. The van der Waals surface area contributed by atoms with E-state index in [9.17, 15) is 4.79 Å². The third-order valence-corrected chi connectivity index (χ3v) is 2.46. The lowest BCUT2D eigenvalue weighted by Gasteiger charge is -2.06. The SMILES string of the molecule is O=C(Cn1ccnn1)Nc1ccncc1Br. The van der Waals surface area contributed by atoms with Crippen LogP contribution in [0.15, 0.2) is 35.3 Å². The van der Waals surface area contributed by atoms with Crippen LogP contribution in [0, 0.1) is 0 Å². The number of amides is 1. The summed E-state index contributed by atoms with van der Waals surface area (Å²) in [5, 5.41) is 10.0. The van der Waals surface area contributed by atoms with Crippen molar-refractivity contribution in [2.75, 3.05) is 5.32 Å². The third-order valence-electron chi connectivity index (χ3n) is 1.82. The second-order valence-corrected chi connectivity index (χ2v) is 3.86. The lowest BCUT2D eigenvalue weighted by atomic mass is 10.4. The minimum Gasteiger partial charge on any atom is -0.323 e. The van der Waals surface area contributed by atoms with Crippen LogP contribution < -0.4 is 5.32 Å². The summed E-state index contributed by atoms with van der Waals surface area (Å²) in [6, 6.07) is 1.71. The summed E-state index contributed by atoms with van der Waals surface area (Å²) in [5.74, 6) is -0.169. The fourth-order valence-corrected chi connectivity index (χ4v) is 1.48. The van der Waals surface area contributed by atoms with Gasteiger partial charge in [-0.3, -0.25) is 9.78 Å². The predicted molar refractivity (Wildman–Crippen MR) is 60.6 cm³/mol. The molecule has 0 unspecified atom stereocenters. The molecule has 6 nitrogen and oxygen atoms in total. The molecular weight excluding hydrogens is 274 g/mol. The van der Waals surface area contributed by atoms with E-state index in [4.69, 9.17) is 0 Å². The molecule has 0 saturated heterocycles. The standard InChI is InChI=1S/C9H8BrN5O/c10-7-5-11-2-1-8(7)13-9(16)6-15-4-3-12-14-15/h1-5H,6H2,(H,11,13,16). The van der Waals surface area contributed by atoms with E-state index in [-0.39, 0.29) is 12.5 Å². The quantitative estimate of drug-likeness (QED) is 0.914. The molecule has 1 amide bonds. The van der Waals surface area contributed by atoms with Gasteiger partial charge in [0.2, 0.25) is 5.91 Å². The predicted octanol–water partition coefficient (Wildman–Crippen LogP) is 1.07. The molecule has 0 fully saturated rings. The summed E-state index contributed by atoms with van der Waals surface area (Å²) >= 11 is 3.29. The van der Waals surface area contributed by atoms with Crippen LogP contribution in [0.25, 0.3) is 0 Å². The number of rotatable bonds is 3. The molecule has 1 N–H and O–H groups in total. The molecule has 82 valence electrons. The van der Waals surface area contributed by atoms with Crippen molar-refractivity contribution in [3.8, 4) is 0 Å². The Morgan fingerprint density at radius 1 is 1.50 bits per heavy atom. The third kappa shape index (κ3) is 2.63. The highest BCUT2D eigenvalue weighted by Gasteiger charge is 2.06. The van der Waals surface area contributed by atoms with Gasteiger partial charge in [0, 0.05) is 18.6 Å². The minimum absolute atomic E-state index is 0.134. The van der Waals surface area contributed by atoms with Gasteiger partial charge in [-0.05, 0) is 22.0 Å². The van der Waals surface area contributed by atoms with Crippen LogP contribution in [0.1, 0.15) is 0 Å². The molecule has 0 bridgehead atoms. The fourth-order valence-electron chi connectivity index (χ4n) is 1.13. The molecule has 2 aromatic rings. The first-order valence-electron chi connectivity index (χ1n) is 4.49. The Morgan fingerprint density at radius 2 is 2.38 bits per heavy atom. The van der Waals surface area contributed by atoms with E-state index in [2.05, 4.69) is 36.5 Å². The van der Waals surface area contributed by atoms with Crippen LogP contribution in [0.2, 0.25) is 0 Å². The van der Waals surface area contributed by atoms with E-state index in [1.54, 1.807) is 24.7 Å². The largest absolute Gasteiger partial charge is 0.323 e. The van der Waals surface area contributed by atoms with E-state index < -0.39 is 0 Å². The van der Waals surface area contributed by atoms with Gasteiger partial charge >= 0.3 is 0 Å². The molecule has 0 atom stereocenters. The highest BCUT2D eigenvalue weighted by atomic mass is 79.9. The van der Waals surface area contributed by atoms with Gasteiger partial charge in [0.05, 0.1) is 16.4 Å². The van der Waals surface area contributed by atoms with Crippen LogP contribution in [-0.4, -0.2) is 25.9 Å². The normalized spacial score (nSPS) is 10.1. The molecule has 0 saturated carbocycles. The molecule has 2 heterocycles. The summed E-state index contributed by atoms with van der Waals surface area (Å²) in [4.78, 5) is 15.5. The zero-order chi connectivity index (χ0) is 11.4. The molecule has 0 aromatic carbocycles. The molecule has 0 spiro atoms. The second kappa shape index (κ2) is 4.84. The Hall–Kier alpha value is -1.76. The van der Waals surface area contributed by atoms with Crippen LogP contribution in [0.3, 0.4) is 0 Å². The number of carbonyl (C=O) groups is 1. The first-order chi connectivity index (χ1) is 7.75. The van der Waals surface area contributed by atoms with Gasteiger partial charge in [-0.1, -0.05) is 5.21 Å². The van der Waals surface area contributed by atoms with Gasteiger partial charge in [-0.15, -0.1) is 5.10 Å². The van der Waals surface area contributed by atoms with Crippen molar-refractivity contribution in [1.82, 2.24) is 20.0 Å². The molecular formula is C9H8BrN5O. The van der Waals surface area contributed by atoms with Crippen LogP contribution >= 0.6 is 15.9 Å². The van der Waals surface area contributed by atoms with Gasteiger partial charge in [0.15, 0.2) is 0 Å². The van der Waals surface area contributed by atoms with Gasteiger partial charge in [0.1, 0.15) is 6.54 Å². The van der Waals surface area contributed by atoms with Crippen LogP contribution in [0.5, 0.6) is 0 Å².